The molecule has 1 aliphatic carbocycles. The lowest BCUT2D eigenvalue weighted by Crippen LogP contribution is -2.25. The van der Waals surface area contributed by atoms with Crippen LogP contribution in [0.1, 0.15) is 25.0 Å². The number of hydrogen-bond donors (Lipinski definition) is 2. The number of anilines is 1. The molecule has 0 aliphatic heterocycles. The van der Waals surface area contributed by atoms with E-state index in [0.717, 1.165) is 25.0 Å². The minimum atomic E-state index is -0.681. The molecule has 1 aromatic heterocycles. The Morgan fingerprint density at radius 3 is 3.12 bits per heavy atom. The summed E-state index contributed by atoms with van der Waals surface area (Å²) in [5.74, 6) is -0.121. The first-order chi connectivity index (χ1) is 8.16. The van der Waals surface area contributed by atoms with Gasteiger partial charge in [-0.1, -0.05) is 6.42 Å². The SMILES string of the molecule is Cc1ccnc(NCC2CCCC2C(=O)O)n1. The van der Waals surface area contributed by atoms with E-state index in [0.29, 0.717) is 12.5 Å². The van der Waals surface area contributed by atoms with E-state index in [1.54, 1.807) is 6.20 Å². The Labute approximate surface area is 100 Å². The maximum absolute atomic E-state index is 11.0. The average Bonchev–Trinajstić information content (AvgIpc) is 2.74. The molecule has 1 aliphatic rings. The Kier molecular flexibility index (Phi) is 3.56. The average molecular weight is 235 g/mol. The summed E-state index contributed by atoms with van der Waals surface area (Å²) in [4.78, 5) is 19.4. The van der Waals surface area contributed by atoms with Gasteiger partial charge in [-0.15, -0.1) is 0 Å². The lowest BCUT2D eigenvalue weighted by Gasteiger charge is -2.16. The Hall–Kier alpha value is -1.65. The van der Waals surface area contributed by atoms with Crippen LogP contribution in [0, 0.1) is 18.8 Å². The van der Waals surface area contributed by atoms with Gasteiger partial charge < -0.3 is 10.4 Å². The van der Waals surface area contributed by atoms with E-state index in [2.05, 4.69) is 15.3 Å². The van der Waals surface area contributed by atoms with Crippen LogP contribution in [0.4, 0.5) is 5.95 Å². The first kappa shape index (κ1) is 11.8. The normalized spacial score (nSPS) is 23.6. The lowest BCUT2D eigenvalue weighted by atomic mass is 9.96. The second-order valence-corrected chi connectivity index (χ2v) is 4.54. The lowest BCUT2D eigenvalue weighted by molar-refractivity contribution is -0.142. The number of carbonyl (C=O) groups is 1. The van der Waals surface area contributed by atoms with Crippen molar-refractivity contribution in [3.05, 3.63) is 18.0 Å². The minimum absolute atomic E-state index is 0.191. The third-order valence-electron chi connectivity index (χ3n) is 3.29. The Bertz CT molecular complexity index is 408. The van der Waals surface area contributed by atoms with Crippen LogP contribution in [-0.4, -0.2) is 27.6 Å². The monoisotopic (exact) mass is 235 g/mol. The van der Waals surface area contributed by atoms with Crippen molar-refractivity contribution in [3.63, 3.8) is 0 Å². The minimum Gasteiger partial charge on any atom is -0.481 e. The van der Waals surface area contributed by atoms with Gasteiger partial charge in [0.1, 0.15) is 0 Å². The Morgan fingerprint density at radius 2 is 2.41 bits per heavy atom. The van der Waals surface area contributed by atoms with Crippen LogP contribution in [-0.2, 0) is 4.79 Å². The topological polar surface area (TPSA) is 75.1 Å². The van der Waals surface area contributed by atoms with Crippen LogP contribution < -0.4 is 5.32 Å². The smallest absolute Gasteiger partial charge is 0.306 e. The fraction of sp³-hybridized carbons (Fsp3) is 0.583. The summed E-state index contributed by atoms with van der Waals surface area (Å²) >= 11 is 0. The zero-order valence-electron chi connectivity index (χ0n) is 9.89. The van der Waals surface area contributed by atoms with Crippen molar-refractivity contribution >= 4 is 11.9 Å². The van der Waals surface area contributed by atoms with Crippen molar-refractivity contribution in [1.82, 2.24) is 9.97 Å². The molecular weight excluding hydrogens is 218 g/mol. The highest BCUT2D eigenvalue weighted by Gasteiger charge is 2.32. The largest absolute Gasteiger partial charge is 0.481 e. The predicted molar refractivity (Wildman–Crippen MR) is 63.7 cm³/mol. The van der Waals surface area contributed by atoms with Gasteiger partial charge in [-0.3, -0.25) is 4.79 Å². The first-order valence-corrected chi connectivity index (χ1v) is 5.93. The van der Waals surface area contributed by atoms with Crippen molar-refractivity contribution in [2.24, 2.45) is 11.8 Å². The van der Waals surface area contributed by atoms with Crippen LogP contribution in [0.5, 0.6) is 0 Å². The number of rotatable bonds is 4. The fourth-order valence-corrected chi connectivity index (χ4v) is 2.36. The molecule has 0 amide bonds. The highest BCUT2D eigenvalue weighted by Crippen LogP contribution is 2.31. The van der Waals surface area contributed by atoms with Crippen LogP contribution in [0.3, 0.4) is 0 Å². The van der Waals surface area contributed by atoms with Crippen LogP contribution in [0.15, 0.2) is 12.3 Å². The van der Waals surface area contributed by atoms with Gasteiger partial charge in [0.15, 0.2) is 0 Å². The summed E-state index contributed by atoms with van der Waals surface area (Å²) in [5.41, 5.74) is 0.906. The summed E-state index contributed by atoms with van der Waals surface area (Å²) < 4.78 is 0. The molecule has 1 heterocycles. The van der Waals surface area contributed by atoms with Gasteiger partial charge in [-0.2, -0.15) is 0 Å². The number of nitrogens with one attached hydrogen (secondary N) is 1. The molecule has 2 rings (SSSR count). The molecule has 0 spiro atoms. The third-order valence-corrected chi connectivity index (χ3v) is 3.29. The molecule has 0 saturated heterocycles. The van der Waals surface area contributed by atoms with Crippen LogP contribution >= 0.6 is 0 Å². The van der Waals surface area contributed by atoms with Gasteiger partial charge >= 0.3 is 5.97 Å². The van der Waals surface area contributed by atoms with Crippen LogP contribution in [0.2, 0.25) is 0 Å². The molecule has 1 fully saturated rings. The molecule has 92 valence electrons. The molecule has 1 aromatic rings. The molecule has 0 radical (unpaired) electrons. The maximum Gasteiger partial charge on any atom is 0.306 e. The number of aliphatic carboxylic acids is 1. The molecular formula is C12H17N3O2. The molecule has 5 nitrogen and oxygen atoms in total. The van der Waals surface area contributed by atoms with Gasteiger partial charge in [0.05, 0.1) is 5.92 Å². The molecule has 5 heteroatoms. The number of aryl methyl sites for hydroxylation is 1. The molecule has 17 heavy (non-hydrogen) atoms. The number of aromatic nitrogens is 2. The van der Waals surface area contributed by atoms with Gasteiger partial charge in [0.25, 0.3) is 0 Å². The van der Waals surface area contributed by atoms with Crippen LogP contribution in [0.25, 0.3) is 0 Å². The standard InChI is InChI=1S/C12H17N3O2/c1-8-5-6-13-12(15-8)14-7-9-3-2-4-10(9)11(16)17/h5-6,9-10H,2-4,7H2,1H3,(H,16,17)(H,13,14,15). The summed E-state index contributed by atoms with van der Waals surface area (Å²) in [6, 6.07) is 1.83. The van der Waals surface area contributed by atoms with Gasteiger partial charge in [0.2, 0.25) is 5.95 Å². The highest BCUT2D eigenvalue weighted by molar-refractivity contribution is 5.70. The Balaban J connectivity index is 1.91. The quantitative estimate of drug-likeness (QED) is 0.830. The van der Waals surface area contributed by atoms with Crippen molar-refractivity contribution in [2.75, 3.05) is 11.9 Å². The second-order valence-electron chi connectivity index (χ2n) is 4.54. The third kappa shape index (κ3) is 2.93. The van der Waals surface area contributed by atoms with Gasteiger partial charge in [0, 0.05) is 18.4 Å². The molecule has 0 bridgehead atoms. The number of hydrogen-bond acceptors (Lipinski definition) is 4. The highest BCUT2D eigenvalue weighted by atomic mass is 16.4. The number of carboxylic acid groups (broad SMARTS) is 1. The molecule has 0 aromatic carbocycles. The van der Waals surface area contributed by atoms with E-state index in [4.69, 9.17) is 5.11 Å². The molecule has 2 atom stereocenters. The first-order valence-electron chi connectivity index (χ1n) is 5.93. The number of carboxylic acids is 1. The summed E-state index contributed by atoms with van der Waals surface area (Å²) in [6.07, 6.45) is 4.46. The van der Waals surface area contributed by atoms with Gasteiger partial charge in [-0.05, 0) is 31.7 Å². The van der Waals surface area contributed by atoms with Crippen molar-refractivity contribution in [1.29, 1.82) is 0 Å². The predicted octanol–water partition coefficient (Wildman–Crippen LogP) is 1.70. The maximum atomic E-state index is 11.0. The molecule has 2 N–H and O–H groups in total. The Morgan fingerprint density at radius 1 is 1.59 bits per heavy atom. The van der Waals surface area contributed by atoms with Gasteiger partial charge in [-0.25, -0.2) is 9.97 Å². The van der Waals surface area contributed by atoms with E-state index in [1.165, 1.54) is 0 Å². The van der Waals surface area contributed by atoms with E-state index < -0.39 is 5.97 Å². The van der Waals surface area contributed by atoms with E-state index in [-0.39, 0.29) is 11.8 Å². The molecule has 2 unspecified atom stereocenters. The number of nitrogens with zero attached hydrogens (tertiary/aromatic N) is 2. The van der Waals surface area contributed by atoms with Crippen molar-refractivity contribution in [2.45, 2.75) is 26.2 Å². The second kappa shape index (κ2) is 5.12. The van der Waals surface area contributed by atoms with E-state index >= 15 is 0 Å². The molecule has 1 saturated carbocycles. The van der Waals surface area contributed by atoms with Crippen molar-refractivity contribution < 1.29 is 9.90 Å². The van der Waals surface area contributed by atoms with E-state index in [9.17, 15) is 4.79 Å². The zero-order valence-corrected chi connectivity index (χ0v) is 9.89. The summed E-state index contributed by atoms with van der Waals surface area (Å²) in [6.45, 7) is 2.54. The van der Waals surface area contributed by atoms with Crippen molar-refractivity contribution in [3.8, 4) is 0 Å². The summed E-state index contributed by atoms with van der Waals surface area (Å²) in [5, 5.41) is 12.2. The van der Waals surface area contributed by atoms with E-state index in [1.807, 2.05) is 13.0 Å². The fourth-order valence-electron chi connectivity index (χ4n) is 2.36. The zero-order chi connectivity index (χ0) is 12.3. The summed E-state index contributed by atoms with van der Waals surface area (Å²) in [7, 11) is 0.